The monoisotopic (exact) mass is 361 g/mol. The highest BCUT2D eigenvalue weighted by atomic mass is 16.8. The van der Waals surface area contributed by atoms with Crippen molar-refractivity contribution in [2.45, 2.75) is 77.5 Å². The zero-order valence-corrected chi connectivity index (χ0v) is 16.4. The lowest BCUT2D eigenvalue weighted by Crippen LogP contribution is -2.36. The Labute approximate surface area is 156 Å². The number of benzene rings is 1. The molecule has 0 aliphatic carbocycles. The number of ketones is 1. The molecule has 0 amide bonds. The quantitative estimate of drug-likeness (QED) is 0.695. The van der Waals surface area contributed by atoms with Crippen molar-refractivity contribution in [3.05, 3.63) is 29.8 Å². The Hall–Kier alpha value is -1.43. The van der Waals surface area contributed by atoms with Crippen molar-refractivity contribution in [2.24, 2.45) is 0 Å². The van der Waals surface area contributed by atoms with Crippen LogP contribution in [-0.2, 0) is 20.8 Å². The third-order valence-electron chi connectivity index (χ3n) is 5.40. The number of hydrogen-bond acceptors (Lipinski definition) is 5. The Morgan fingerprint density at radius 1 is 1.23 bits per heavy atom. The second kappa shape index (κ2) is 8.07. The predicted molar refractivity (Wildman–Crippen MR) is 100 cm³/mol. The van der Waals surface area contributed by atoms with Crippen molar-refractivity contribution in [2.75, 3.05) is 13.2 Å². The van der Waals surface area contributed by atoms with Crippen LogP contribution < -0.4 is 4.74 Å². The summed E-state index contributed by atoms with van der Waals surface area (Å²) in [5, 5.41) is 0. The molecule has 2 fully saturated rings. The van der Waals surface area contributed by atoms with E-state index in [2.05, 4.69) is 24.0 Å². The first-order valence-electron chi connectivity index (χ1n) is 9.74. The first kappa shape index (κ1) is 19.3. The van der Waals surface area contributed by atoms with E-state index in [9.17, 15) is 4.79 Å². The molecule has 2 saturated heterocycles. The van der Waals surface area contributed by atoms with E-state index in [0.29, 0.717) is 19.5 Å². The Morgan fingerprint density at radius 2 is 1.88 bits per heavy atom. The number of carbonyl (C=O) groups is 1. The third kappa shape index (κ3) is 4.27. The molecule has 1 aromatic rings. The van der Waals surface area contributed by atoms with Crippen LogP contribution in [0.5, 0.6) is 5.75 Å². The van der Waals surface area contributed by atoms with Gasteiger partial charge < -0.3 is 14.2 Å². The van der Waals surface area contributed by atoms with Gasteiger partial charge >= 0.3 is 0 Å². The van der Waals surface area contributed by atoms with Crippen LogP contribution in [0.1, 0.15) is 52.5 Å². The van der Waals surface area contributed by atoms with Crippen LogP contribution in [0.4, 0.5) is 0 Å². The zero-order valence-electron chi connectivity index (χ0n) is 16.4. The van der Waals surface area contributed by atoms with Gasteiger partial charge in [0.25, 0.3) is 0 Å². The van der Waals surface area contributed by atoms with E-state index in [4.69, 9.17) is 14.2 Å². The van der Waals surface area contributed by atoms with Crippen LogP contribution in [0.25, 0.3) is 0 Å². The molecule has 0 N–H and O–H groups in total. The van der Waals surface area contributed by atoms with Gasteiger partial charge in [-0.3, -0.25) is 9.69 Å². The highest BCUT2D eigenvalue weighted by Crippen LogP contribution is 2.40. The molecule has 0 saturated carbocycles. The molecule has 26 heavy (non-hydrogen) atoms. The summed E-state index contributed by atoms with van der Waals surface area (Å²) in [4.78, 5) is 14.4. The number of ether oxygens (including phenoxy) is 3. The summed E-state index contributed by atoms with van der Waals surface area (Å²) >= 11 is 0. The van der Waals surface area contributed by atoms with E-state index < -0.39 is 5.79 Å². The summed E-state index contributed by atoms with van der Waals surface area (Å²) < 4.78 is 17.9. The summed E-state index contributed by atoms with van der Waals surface area (Å²) in [5.74, 6) is 0.423. The van der Waals surface area contributed by atoms with E-state index in [-0.39, 0.29) is 24.0 Å². The number of nitrogens with zero attached hydrogens (tertiary/aromatic N) is 1. The average Bonchev–Trinajstić information content (AvgIpc) is 3.08. The Bertz CT molecular complexity index is 605. The van der Waals surface area contributed by atoms with Crippen molar-refractivity contribution in [1.29, 1.82) is 0 Å². The summed E-state index contributed by atoms with van der Waals surface area (Å²) in [6.07, 6.45) is 2.91. The van der Waals surface area contributed by atoms with Crippen LogP contribution in [-0.4, -0.2) is 47.9 Å². The fraction of sp³-hybridized carbons (Fsp3) is 0.667. The number of hydrogen-bond donors (Lipinski definition) is 0. The molecule has 3 rings (SSSR count). The zero-order chi connectivity index (χ0) is 18.7. The molecule has 5 nitrogen and oxygen atoms in total. The van der Waals surface area contributed by atoms with Crippen molar-refractivity contribution >= 4 is 5.78 Å². The lowest BCUT2D eigenvalue weighted by molar-refractivity contribution is -0.163. The van der Waals surface area contributed by atoms with E-state index >= 15 is 0 Å². The van der Waals surface area contributed by atoms with Crippen molar-refractivity contribution in [1.82, 2.24) is 4.90 Å². The fourth-order valence-corrected chi connectivity index (χ4v) is 3.80. The second-order valence-electron chi connectivity index (χ2n) is 7.64. The van der Waals surface area contributed by atoms with Gasteiger partial charge in [-0.1, -0.05) is 25.5 Å². The van der Waals surface area contributed by atoms with E-state index in [1.54, 1.807) is 6.92 Å². The molecule has 144 valence electrons. The minimum atomic E-state index is -0.641. The SMILES string of the molecule is CCCCOc1ccc(CN2CC3(C[C@@H]2C(C)=O)OC(C)C(C)O3)cc1. The van der Waals surface area contributed by atoms with Crippen molar-refractivity contribution < 1.29 is 19.0 Å². The summed E-state index contributed by atoms with van der Waals surface area (Å²) in [5.41, 5.74) is 1.16. The Balaban J connectivity index is 1.65. The maximum absolute atomic E-state index is 12.2. The van der Waals surface area contributed by atoms with E-state index in [1.165, 1.54) is 0 Å². The van der Waals surface area contributed by atoms with Gasteiger partial charge in [-0.2, -0.15) is 0 Å². The van der Waals surface area contributed by atoms with Gasteiger partial charge in [0, 0.05) is 13.0 Å². The largest absolute Gasteiger partial charge is 0.494 e. The number of unbranched alkanes of at least 4 members (excludes halogenated alkanes) is 1. The minimum absolute atomic E-state index is 0.0575. The van der Waals surface area contributed by atoms with Crippen LogP contribution in [0.15, 0.2) is 24.3 Å². The van der Waals surface area contributed by atoms with Gasteiger partial charge in [-0.15, -0.1) is 0 Å². The minimum Gasteiger partial charge on any atom is -0.494 e. The molecule has 0 aromatic heterocycles. The molecule has 2 aliphatic heterocycles. The first-order chi connectivity index (χ1) is 12.4. The standard InChI is InChI=1S/C21H31NO4/c1-5-6-11-24-19-9-7-18(8-10-19)13-22-14-21(12-20(22)15(2)23)25-16(3)17(4)26-21/h7-10,16-17,20H,5-6,11-14H2,1-4H3/t16?,17?,20-,21?/m1/s1. The normalized spacial score (nSPS) is 31.6. The molecule has 2 heterocycles. The summed E-state index contributed by atoms with van der Waals surface area (Å²) in [6, 6.07) is 8.00. The van der Waals surface area contributed by atoms with E-state index in [1.807, 2.05) is 26.0 Å². The smallest absolute Gasteiger partial charge is 0.183 e. The Kier molecular flexibility index (Phi) is 6.00. The molecule has 5 heteroatoms. The second-order valence-corrected chi connectivity index (χ2v) is 7.64. The molecule has 1 spiro atoms. The number of Topliss-reactive ketones (excluding diaryl/α,β-unsaturated/α-hetero) is 1. The highest BCUT2D eigenvalue weighted by Gasteiger charge is 2.53. The highest BCUT2D eigenvalue weighted by molar-refractivity contribution is 5.82. The van der Waals surface area contributed by atoms with Gasteiger partial charge in [0.15, 0.2) is 5.79 Å². The molecule has 0 radical (unpaired) electrons. The first-order valence-corrected chi connectivity index (χ1v) is 9.74. The van der Waals surface area contributed by atoms with Crippen molar-refractivity contribution in [3.63, 3.8) is 0 Å². The van der Waals surface area contributed by atoms with Crippen LogP contribution in [0.3, 0.4) is 0 Å². The molecule has 1 aromatic carbocycles. The molecular formula is C21H31NO4. The Morgan fingerprint density at radius 3 is 2.46 bits per heavy atom. The number of likely N-dealkylation sites (tertiary alicyclic amines) is 1. The van der Waals surface area contributed by atoms with Crippen LogP contribution in [0.2, 0.25) is 0 Å². The maximum Gasteiger partial charge on any atom is 0.183 e. The lowest BCUT2D eigenvalue weighted by atomic mass is 10.1. The summed E-state index contributed by atoms with van der Waals surface area (Å²) in [7, 11) is 0. The molecule has 3 atom stereocenters. The lowest BCUT2D eigenvalue weighted by Gasteiger charge is -2.24. The third-order valence-corrected chi connectivity index (χ3v) is 5.40. The molecule has 2 aliphatic rings. The van der Waals surface area contributed by atoms with Gasteiger partial charge in [0.1, 0.15) is 11.5 Å². The van der Waals surface area contributed by atoms with Crippen LogP contribution >= 0.6 is 0 Å². The fourth-order valence-electron chi connectivity index (χ4n) is 3.80. The molecule has 0 bridgehead atoms. The predicted octanol–water partition coefficient (Wildman–Crippen LogP) is 3.55. The van der Waals surface area contributed by atoms with Gasteiger partial charge in [-0.25, -0.2) is 0 Å². The molecule has 2 unspecified atom stereocenters. The molecular weight excluding hydrogens is 330 g/mol. The number of carbonyl (C=O) groups excluding carboxylic acids is 1. The average molecular weight is 361 g/mol. The topological polar surface area (TPSA) is 48.0 Å². The maximum atomic E-state index is 12.2. The summed E-state index contributed by atoms with van der Waals surface area (Å²) in [6.45, 7) is 9.95. The van der Waals surface area contributed by atoms with E-state index in [0.717, 1.165) is 30.8 Å². The van der Waals surface area contributed by atoms with Crippen LogP contribution in [0, 0.1) is 0 Å². The van der Waals surface area contributed by atoms with Gasteiger partial charge in [0.05, 0.1) is 31.4 Å². The number of rotatable bonds is 7. The van der Waals surface area contributed by atoms with Gasteiger partial charge in [-0.05, 0) is 44.9 Å². The van der Waals surface area contributed by atoms with Crippen molar-refractivity contribution in [3.8, 4) is 5.75 Å². The van der Waals surface area contributed by atoms with Gasteiger partial charge in [0.2, 0.25) is 0 Å².